The van der Waals surface area contributed by atoms with Crippen LogP contribution in [0, 0.1) is 6.92 Å². The third kappa shape index (κ3) is 2.12. The van der Waals surface area contributed by atoms with E-state index in [-0.39, 0.29) is 6.42 Å². The van der Waals surface area contributed by atoms with Gasteiger partial charge in [-0.25, -0.2) is 0 Å². The zero-order valence-corrected chi connectivity index (χ0v) is 9.69. The van der Waals surface area contributed by atoms with Gasteiger partial charge in [-0.3, -0.25) is 4.79 Å². The van der Waals surface area contributed by atoms with Crippen molar-refractivity contribution in [2.75, 3.05) is 0 Å². The molecule has 2 rings (SSSR count). The average Bonchev–Trinajstić information content (AvgIpc) is 2.64. The van der Waals surface area contributed by atoms with Crippen LogP contribution in [-0.2, 0) is 11.2 Å². The predicted octanol–water partition coefficient (Wildman–Crippen LogP) is 0.611. The summed E-state index contributed by atoms with van der Waals surface area (Å²) < 4.78 is 0. The Hall–Kier alpha value is -1.95. The van der Waals surface area contributed by atoms with Crippen LogP contribution in [0.1, 0.15) is 18.1 Å². The second-order valence-electron chi connectivity index (χ2n) is 4.50. The highest BCUT2D eigenvalue weighted by atomic mass is 16.4. The summed E-state index contributed by atoms with van der Waals surface area (Å²) in [6.45, 7) is 3.40. The van der Waals surface area contributed by atoms with Crippen LogP contribution < -0.4 is 5.73 Å². The molecule has 0 aliphatic heterocycles. The molecule has 0 spiro atoms. The number of fused-ring (bicyclic) bond motifs is 1. The maximum Gasteiger partial charge on any atom is 0.323 e. The van der Waals surface area contributed by atoms with Gasteiger partial charge in [0, 0.05) is 6.42 Å². The second-order valence-corrected chi connectivity index (χ2v) is 4.50. The smallest absolute Gasteiger partial charge is 0.323 e. The molecule has 0 bridgehead atoms. The molecule has 6 nitrogen and oxygen atoms in total. The summed E-state index contributed by atoms with van der Waals surface area (Å²) >= 11 is 0. The minimum absolute atomic E-state index is 0.256. The standard InChI is InChI=1S/C11H14N4O2/c1-6-3-7(5-11(2,12)10(16)17)4-8-9(6)14-15-13-8/h3-4H,5,12H2,1-2H3,(H,16,17)(H,13,14,15)/t11-/m1/s1. The second kappa shape index (κ2) is 3.81. The van der Waals surface area contributed by atoms with E-state index in [1.807, 2.05) is 13.0 Å². The molecule has 1 atom stereocenters. The third-order valence-electron chi connectivity index (χ3n) is 2.73. The van der Waals surface area contributed by atoms with Crippen molar-refractivity contribution in [2.24, 2.45) is 5.73 Å². The molecule has 0 unspecified atom stereocenters. The van der Waals surface area contributed by atoms with Crippen LogP contribution in [-0.4, -0.2) is 32.0 Å². The van der Waals surface area contributed by atoms with Crippen molar-refractivity contribution in [2.45, 2.75) is 25.8 Å². The fourth-order valence-electron chi connectivity index (χ4n) is 1.80. The van der Waals surface area contributed by atoms with Crippen LogP contribution in [0.3, 0.4) is 0 Å². The molecule has 0 fully saturated rings. The molecule has 2 aromatic rings. The molecular weight excluding hydrogens is 220 g/mol. The number of carboxylic acids is 1. The Kier molecular flexibility index (Phi) is 2.59. The third-order valence-corrected chi connectivity index (χ3v) is 2.73. The molecule has 1 aromatic heterocycles. The SMILES string of the molecule is Cc1cc(C[C@@](C)(N)C(=O)O)cc2n[nH]nc12. The number of nitrogens with two attached hydrogens (primary N) is 1. The van der Waals surface area contributed by atoms with Gasteiger partial charge >= 0.3 is 5.97 Å². The van der Waals surface area contributed by atoms with Crippen LogP contribution >= 0.6 is 0 Å². The fraction of sp³-hybridized carbons (Fsp3) is 0.364. The van der Waals surface area contributed by atoms with Crippen LogP contribution in [0.5, 0.6) is 0 Å². The number of aryl methyl sites for hydroxylation is 1. The minimum Gasteiger partial charge on any atom is -0.480 e. The number of aromatic nitrogens is 3. The van der Waals surface area contributed by atoms with Gasteiger partial charge in [0.2, 0.25) is 0 Å². The van der Waals surface area contributed by atoms with Gasteiger partial charge in [0.1, 0.15) is 16.6 Å². The first-order chi connectivity index (χ1) is 7.90. The molecule has 0 amide bonds. The molecule has 90 valence electrons. The molecule has 0 aliphatic carbocycles. The number of nitrogens with zero attached hydrogens (tertiary/aromatic N) is 2. The minimum atomic E-state index is -1.27. The summed E-state index contributed by atoms with van der Waals surface area (Å²) in [4.78, 5) is 11.0. The summed E-state index contributed by atoms with van der Waals surface area (Å²) in [6, 6.07) is 3.69. The Bertz CT molecular complexity index is 574. The van der Waals surface area contributed by atoms with E-state index in [1.54, 1.807) is 6.07 Å². The number of carbonyl (C=O) groups is 1. The first-order valence-electron chi connectivity index (χ1n) is 5.22. The normalized spacial score (nSPS) is 14.8. The lowest BCUT2D eigenvalue weighted by molar-refractivity contribution is -0.142. The Morgan fingerprint density at radius 1 is 1.53 bits per heavy atom. The number of aliphatic carboxylic acids is 1. The van der Waals surface area contributed by atoms with Crippen molar-refractivity contribution in [1.29, 1.82) is 0 Å². The van der Waals surface area contributed by atoms with E-state index in [2.05, 4.69) is 15.4 Å². The lowest BCUT2D eigenvalue weighted by atomic mass is 9.93. The van der Waals surface area contributed by atoms with Gasteiger partial charge in [-0.05, 0) is 31.0 Å². The summed E-state index contributed by atoms with van der Waals surface area (Å²) in [7, 11) is 0. The van der Waals surface area contributed by atoms with Crippen molar-refractivity contribution in [3.8, 4) is 0 Å². The van der Waals surface area contributed by atoms with Gasteiger partial charge in [-0.1, -0.05) is 6.07 Å². The molecule has 0 saturated carbocycles. The monoisotopic (exact) mass is 234 g/mol. The topological polar surface area (TPSA) is 105 Å². The maximum absolute atomic E-state index is 11.0. The van der Waals surface area contributed by atoms with Gasteiger partial charge in [-0.15, -0.1) is 0 Å². The van der Waals surface area contributed by atoms with Gasteiger partial charge in [-0.2, -0.15) is 15.4 Å². The van der Waals surface area contributed by atoms with E-state index in [0.29, 0.717) is 0 Å². The lowest BCUT2D eigenvalue weighted by Gasteiger charge is -2.19. The average molecular weight is 234 g/mol. The molecule has 0 saturated heterocycles. The van der Waals surface area contributed by atoms with Crippen LogP contribution in [0.2, 0.25) is 0 Å². The van der Waals surface area contributed by atoms with E-state index in [4.69, 9.17) is 10.8 Å². The van der Waals surface area contributed by atoms with Crippen LogP contribution in [0.4, 0.5) is 0 Å². The molecule has 0 aliphatic rings. The van der Waals surface area contributed by atoms with Crippen LogP contribution in [0.15, 0.2) is 12.1 Å². The number of aromatic amines is 1. The summed E-state index contributed by atoms with van der Waals surface area (Å²) in [5.74, 6) is -1.02. The number of nitrogens with one attached hydrogen (secondary N) is 1. The van der Waals surface area contributed by atoms with E-state index in [9.17, 15) is 4.79 Å². The number of carboxylic acid groups (broad SMARTS) is 1. The lowest BCUT2D eigenvalue weighted by Crippen LogP contribution is -2.46. The van der Waals surface area contributed by atoms with Gasteiger partial charge in [0.05, 0.1) is 0 Å². The first-order valence-corrected chi connectivity index (χ1v) is 5.22. The number of benzene rings is 1. The Morgan fingerprint density at radius 2 is 2.24 bits per heavy atom. The molecule has 17 heavy (non-hydrogen) atoms. The number of rotatable bonds is 3. The Labute approximate surface area is 97.8 Å². The largest absolute Gasteiger partial charge is 0.480 e. The summed E-state index contributed by atoms with van der Waals surface area (Å²) in [5, 5.41) is 19.5. The van der Waals surface area contributed by atoms with Crippen LogP contribution in [0.25, 0.3) is 11.0 Å². The molecule has 1 heterocycles. The van der Waals surface area contributed by atoms with Crippen molar-refractivity contribution in [3.05, 3.63) is 23.3 Å². The summed E-state index contributed by atoms with van der Waals surface area (Å²) in [6.07, 6.45) is 0.256. The number of H-pyrrole nitrogens is 1. The van der Waals surface area contributed by atoms with E-state index >= 15 is 0 Å². The molecule has 1 aromatic carbocycles. The molecular formula is C11H14N4O2. The maximum atomic E-state index is 11.0. The Morgan fingerprint density at radius 3 is 2.88 bits per heavy atom. The first kappa shape index (κ1) is 11.5. The number of hydrogen-bond donors (Lipinski definition) is 3. The summed E-state index contributed by atoms with van der Waals surface area (Å²) in [5.41, 5.74) is 7.76. The van der Waals surface area contributed by atoms with Crippen molar-refractivity contribution >= 4 is 17.0 Å². The van der Waals surface area contributed by atoms with Crippen molar-refractivity contribution < 1.29 is 9.90 Å². The van der Waals surface area contributed by atoms with Crippen molar-refractivity contribution in [1.82, 2.24) is 15.4 Å². The molecule has 6 heteroatoms. The van der Waals surface area contributed by atoms with E-state index in [1.165, 1.54) is 6.92 Å². The van der Waals surface area contributed by atoms with Crippen molar-refractivity contribution in [3.63, 3.8) is 0 Å². The quantitative estimate of drug-likeness (QED) is 0.721. The molecule has 0 radical (unpaired) electrons. The highest BCUT2D eigenvalue weighted by molar-refractivity contribution is 5.80. The number of hydrogen-bond acceptors (Lipinski definition) is 4. The molecule has 4 N–H and O–H groups in total. The fourth-order valence-corrected chi connectivity index (χ4v) is 1.80. The van der Waals surface area contributed by atoms with E-state index in [0.717, 1.165) is 22.2 Å². The van der Waals surface area contributed by atoms with E-state index < -0.39 is 11.5 Å². The predicted molar refractivity (Wildman–Crippen MR) is 62.6 cm³/mol. The zero-order chi connectivity index (χ0) is 12.6. The van der Waals surface area contributed by atoms with Gasteiger partial charge < -0.3 is 10.8 Å². The Balaban J connectivity index is 2.40. The zero-order valence-electron chi connectivity index (χ0n) is 9.69. The van der Waals surface area contributed by atoms with Gasteiger partial charge in [0.25, 0.3) is 0 Å². The van der Waals surface area contributed by atoms with Gasteiger partial charge in [0.15, 0.2) is 0 Å². The highest BCUT2D eigenvalue weighted by Crippen LogP contribution is 2.19. The highest BCUT2D eigenvalue weighted by Gasteiger charge is 2.28.